The molecule has 1 amide bonds. The van der Waals surface area contributed by atoms with Crippen molar-refractivity contribution in [1.29, 1.82) is 0 Å². The first kappa shape index (κ1) is 14.5. The second-order valence-electron chi connectivity index (χ2n) is 5.32. The molecule has 1 saturated heterocycles. The SMILES string of the molecule is CC(C)N(C)CCNC(=O)CCC1CCNC1. The molecular formula is C13H27N3O. The molecule has 1 unspecified atom stereocenters. The van der Waals surface area contributed by atoms with E-state index < -0.39 is 0 Å². The standard InChI is InChI=1S/C13H27N3O/c1-11(2)16(3)9-8-15-13(17)5-4-12-6-7-14-10-12/h11-12,14H,4-10H2,1-3H3,(H,15,17). The molecule has 0 spiro atoms. The Hall–Kier alpha value is -0.610. The van der Waals surface area contributed by atoms with Crippen LogP contribution in [0.15, 0.2) is 0 Å². The third-order valence-electron chi connectivity index (χ3n) is 3.61. The summed E-state index contributed by atoms with van der Waals surface area (Å²) in [5, 5.41) is 6.32. The van der Waals surface area contributed by atoms with Crippen molar-refractivity contribution in [1.82, 2.24) is 15.5 Å². The van der Waals surface area contributed by atoms with Gasteiger partial charge in [0.15, 0.2) is 0 Å². The lowest BCUT2D eigenvalue weighted by atomic mass is 10.0. The first-order valence-corrected chi connectivity index (χ1v) is 6.77. The normalized spacial score (nSPS) is 20.2. The maximum atomic E-state index is 11.6. The van der Waals surface area contributed by atoms with E-state index in [1.54, 1.807) is 0 Å². The van der Waals surface area contributed by atoms with Crippen LogP contribution in [0.25, 0.3) is 0 Å². The lowest BCUT2D eigenvalue weighted by molar-refractivity contribution is -0.121. The molecule has 0 aromatic rings. The maximum Gasteiger partial charge on any atom is 0.220 e. The average Bonchev–Trinajstić information content (AvgIpc) is 2.78. The zero-order valence-electron chi connectivity index (χ0n) is 11.5. The second kappa shape index (κ2) is 7.67. The number of likely N-dealkylation sites (N-methyl/N-ethyl adjacent to an activating group) is 1. The molecule has 1 fully saturated rings. The number of carbonyl (C=O) groups is 1. The third-order valence-corrected chi connectivity index (χ3v) is 3.61. The molecule has 100 valence electrons. The Labute approximate surface area is 105 Å². The van der Waals surface area contributed by atoms with Crippen LogP contribution in [0.1, 0.15) is 33.1 Å². The number of hydrogen-bond acceptors (Lipinski definition) is 3. The number of nitrogens with zero attached hydrogens (tertiary/aromatic N) is 1. The molecule has 17 heavy (non-hydrogen) atoms. The summed E-state index contributed by atoms with van der Waals surface area (Å²) in [6.07, 6.45) is 2.93. The van der Waals surface area contributed by atoms with Gasteiger partial charge in [-0.2, -0.15) is 0 Å². The van der Waals surface area contributed by atoms with E-state index in [4.69, 9.17) is 0 Å². The van der Waals surface area contributed by atoms with Crippen LogP contribution < -0.4 is 10.6 Å². The molecular weight excluding hydrogens is 214 g/mol. The number of rotatable bonds is 7. The van der Waals surface area contributed by atoms with Crippen LogP contribution >= 0.6 is 0 Å². The Bertz CT molecular complexity index is 225. The summed E-state index contributed by atoms with van der Waals surface area (Å²) in [6, 6.07) is 0.538. The van der Waals surface area contributed by atoms with Crippen molar-refractivity contribution < 1.29 is 4.79 Å². The van der Waals surface area contributed by atoms with E-state index in [0.29, 0.717) is 18.4 Å². The van der Waals surface area contributed by atoms with E-state index in [1.807, 2.05) is 0 Å². The zero-order valence-corrected chi connectivity index (χ0v) is 11.5. The summed E-state index contributed by atoms with van der Waals surface area (Å²) in [7, 11) is 2.08. The summed E-state index contributed by atoms with van der Waals surface area (Å²) >= 11 is 0. The Morgan fingerprint density at radius 3 is 2.88 bits per heavy atom. The smallest absolute Gasteiger partial charge is 0.220 e. The van der Waals surface area contributed by atoms with Gasteiger partial charge in [0, 0.05) is 25.6 Å². The van der Waals surface area contributed by atoms with E-state index in [2.05, 4.69) is 36.4 Å². The first-order chi connectivity index (χ1) is 8.09. The highest BCUT2D eigenvalue weighted by Crippen LogP contribution is 2.13. The van der Waals surface area contributed by atoms with Crippen molar-refractivity contribution >= 4 is 5.91 Å². The van der Waals surface area contributed by atoms with Crippen molar-refractivity contribution in [3.63, 3.8) is 0 Å². The fraction of sp³-hybridized carbons (Fsp3) is 0.923. The minimum atomic E-state index is 0.203. The van der Waals surface area contributed by atoms with Gasteiger partial charge in [0.1, 0.15) is 0 Å². The van der Waals surface area contributed by atoms with Crippen LogP contribution in [0.4, 0.5) is 0 Å². The van der Waals surface area contributed by atoms with E-state index in [-0.39, 0.29) is 5.91 Å². The highest BCUT2D eigenvalue weighted by molar-refractivity contribution is 5.75. The molecule has 0 radical (unpaired) electrons. The van der Waals surface area contributed by atoms with Gasteiger partial charge in [-0.05, 0) is 52.7 Å². The molecule has 1 heterocycles. The third kappa shape index (κ3) is 6.03. The monoisotopic (exact) mass is 241 g/mol. The van der Waals surface area contributed by atoms with Crippen molar-refractivity contribution in [2.75, 3.05) is 33.2 Å². The van der Waals surface area contributed by atoms with Gasteiger partial charge in [-0.25, -0.2) is 0 Å². The minimum absolute atomic E-state index is 0.203. The topological polar surface area (TPSA) is 44.4 Å². The van der Waals surface area contributed by atoms with Gasteiger partial charge < -0.3 is 15.5 Å². The lowest BCUT2D eigenvalue weighted by Gasteiger charge is -2.20. The second-order valence-corrected chi connectivity index (χ2v) is 5.32. The molecule has 2 N–H and O–H groups in total. The number of amides is 1. The van der Waals surface area contributed by atoms with Crippen molar-refractivity contribution in [3.8, 4) is 0 Å². The quantitative estimate of drug-likeness (QED) is 0.694. The molecule has 1 aliphatic heterocycles. The molecule has 0 aromatic carbocycles. The number of carbonyl (C=O) groups excluding carboxylic acids is 1. The summed E-state index contributed by atoms with van der Waals surface area (Å²) < 4.78 is 0. The van der Waals surface area contributed by atoms with Gasteiger partial charge in [0.25, 0.3) is 0 Å². The summed E-state index contributed by atoms with van der Waals surface area (Å²) in [4.78, 5) is 13.8. The first-order valence-electron chi connectivity index (χ1n) is 6.77. The molecule has 4 nitrogen and oxygen atoms in total. The van der Waals surface area contributed by atoms with Crippen LogP contribution in [-0.4, -0.2) is 50.1 Å². The van der Waals surface area contributed by atoms with Crippen LogP contribution in [0.3, 0.4) is 0 Å². The predicted molar refractivity (Wildman–Crippen MR) is 71.0 cm³/mol. The summed E-state index contributed by atoms with van der Waals surface area (Å²) in [5.41, 5.74) is 0. The van der Waals surface area contributed by atoms with Crippen LogP contribution in [0.5, 0.6) is 0 Å². The van der Waals surface area contributed by atoms with Gasteiger partial charge in [-0.1, -0.05) is 0 Å². The van der Waals surface area contributed by atoms with Gasteiger partial charge in [-0.15, -0.1) is 0 Å². The number of nitrogens with one attached hydrogen (secondary N) is 2. The fourth-order valence-corrected chi connectivity index (χ4v) is 2.01. The Balaban J connectivity index is 2.00. The molecule has 0 aliphatic carbocycles. The molecule has 1 atom stereocenters. The average molecular weight is 241 g/mol. The molecule has 0 saturated carbocycles. The Kier molecular flexibility index (Phi) is 6.52. The number of hydrogen-bond donors (Lipinski definition) is 2. The van der Waals surface area contributed by atoms with Crippen molar-refractivity contribution in [2.24, 2.45) is 5.92 Å². The molecule has 0 bridgehead atoms. The van der Waals surface area contributed by atoms with Crippen molar-refractivity contribution in [2.45, 2.75) is 39.2 Å². The molecule has 4 heteroatoms. The van der Waals surface area contributed by atoms with Gasteiger partial charge in [-0.3, -0.25) is 4.79 Å². The highest BCUT2D eigenvalue weighted by Gasteiger charge is 2.15. The predicted octanol–water partition coefficient (Wildman–Crippen LogP) is 0.833. The van der Waals surface area contributed by atoms with Gasteiger partial charge >= 0.3 is 0 Å². The molecule has 1 rings (SSSR count). The van der Waals surface area contributed by atoms with E-state index >= 15 is 0 Å². The lowest BCUT2D eigenvalue weighted by Crippen LogP contribution is -2.36. The Morgan fingerprint density at radius 1 is 1.53 bits per heavy atom. The van der Waals surface area contributed by atoms with E-state index in [0.717, 1.165) is 32.6 Å². The van der Waals surface area contributed by atoms with Crippen LogP contribution in [0, 0.1) is 5.92 Å². The largest absolute Gasteiger partial charge is 0.355 e. The van der Waals surface area contributed by atoms with E-state index in [1.165, 1.54) is 6.42 Å². The van der Waals surface area contributed by atoms with Crippen LogP contribution in [0.2, 0.25) is 0 Å². The fourth-order valence-electron chi connectivity index (χ4n) is 2.01. The summed E-state index contributed by atoms with van der Waals surface area (Å²) in [6.45, 7) is 8.21. The van der Waals surface area contributed by atoms with E-state index in [9.17, 15) is 4.79 Å². The minimum Gasteiger partial charge on any atom is -0.355 e. The van der Waals surface area contributed by atoms with Crippen molar-refractivity contribution in [3.05, 3.63) is 0 Å². The maximum absolute atomic E-state index is 11.6. The molecule has 1 aliphatic rings. The highest BCUT2D eigenvalue weighted by atomic mass is 16.1. The Morgan fingerprint density at radius 2 is 2.29 bits per heavy atom. The summed E-state index contributed by atoms with van der Waals surface area (Å²) in [5.74, 6) is 0.910. The molecule has 0 aromatic heterocycles. The zero-order chi connectivity index (χ0) is 12.7. The van der Waals surface area contributed by atoms with Gasteiger partial charge in [0.05, 0.1) is 0 Å². The van der Waals surface area contributed by atoms with Gasteiger partial charge in [0.2, 0.25) is 5.91 Å². The van der Waals surface area contributed by atoms with Crippen LogP contribution in [-0.2, 0) is 4.79 Å².